The van der Waals surface area contributed by atoms with E-state index in [1.807, 2.05) is 0 Å². The van der Waals surface area contributed by atoms with Crippen molar-refractivity contribution in [3.63, 3.8) is 0 Å². The number of nitrogens with zero attached hydrogens (tertiary/aromatic N) is 1. The Labute approximate surface area is 121 Å². The SMILES string of the molecule is O=C1C(=NCCNCCO)C(Cl)C(=O)c2ccccc21. The highest BCUT2D eigenvalue weighted by Crippen LogP contribution is 2.23. The number of benzene rings is 1. The molecule has 106 valence electrons. The van der Waals surface area contributed by atoms with E-state index >= 15 is 0 Å². The molecule has 0 aromatic heterocycles. The Hall–Kier alpha value is -1.56. The molecule has 2 N–H and O–H groups in total. The first-order valence-corrected chi connectivity index (χ1v) is 6.78. The van der Waals surface area contributed by atoms with Crippen molar-refractivity contribution >= 4 is 28.9 Å². The van der Waals surface area contributed by atoms with E-state index < -0.39 is 5.38 Å². The number of rotatable bonds is 5. The molecule has 1 atom stereocenters. The molecule has 0 spiro atoms. The fraction of sp³-hybridized carbons (Fsp3) is 0.357. The second-order valence-corrected chi connectivity index (χ2v) is 4.78. The van der Waals surface area contributed by atoms with Crippen LogP contribution in [0.5, 0.6) is 0 Å². The van der Waals surface area contributed by atoms with Gasteiger partial charge in [0.05, 0.1) is 13.2 Å². The van der Waals surface area contributed by atoms with E-state index in [9.17, 15) is 9.59 Å². The highest BCUT2D eigenvalue weighted by atomic mass is 35.5. The van der Waals surface area contributed by atoms with Crippen LogP contribution in [0.1, 0.15) is 20.7 Å². The highest BCUT2D eigenvalue weighted by Gasteiger charge is 2.36. The van der Waals surface area contributed by atoms with Crippen LogP contribution in [0.3, 0.4) is 0 Å². The van der Waals surface area contributed by atoms with Crippen molar-refractivity contribution in [2.45, 2.75) is 5.38 Å². The first-order valence-electron chi connectivity index (χ1n) is 6.34. The maximum atomic E-state index is 12.3. The topological polar surface area (TPSA) is 78.8 Å². The lowest BCUT2D eigenvalue weighted by Gasteiger charge is -2.19. The Kier molecular flexibility index (Phi) is 5.00. The van der Waals surface area contributed by atoms with E-state index in [-0.39, 0.29) is 23.9 Å². The normalized spacial score (nSPS) is 20.3. The number of fused-ring (bicyclic) bond motifs is 1. The zero-order chi connectivity index (χ0) is 14.5. The number of carbonyl (C=O) groups is 2. The molecule has 1 aromatic rings. The molecule has 0 bridgehead atoms. The molecule has 0 fully saturated rings. The van der Waals surface area contributed by atoms with Gasteiger partial charge in [-0.2, -0.15) is 0 Å². The van der Waals surface area contributed by atoms with Gasteiger partial charge in [0.25, 0.3) is 0 Å². The first kappa shape index (κ1) is 14.8. The largest absolute Gasteiger partial charge is 0.395 e. The number of carbonyl (C=O) groups excluding carboxylic acids is 2. The molecule has 6 heteroatoms. The minimum atomic E-state index is -1.02. The fourth-order valence-corrected chi connectivity index (χ4v) is 2.31. The van der Waals surface area contributed by atoms with Crippen LogP contribution in [0, 0.1) is 0 Å². The number of hydrogen-bond donors (Lipinski definition) is 2. The third kappa shape index (κ3) is 2.95. The summed E-state index contributed by atoms with van der Waals surface area (Å²) in [5, 5.41) is 10.5. The van der Waals surface area contributed by atoms with Gasteiger partial charge in [-0.15, -0.1) is 11.6 Å². The van der Waals surface area contributed by atoms with Crippen LogP contribution in [0.15, 0.2) is 29.3 Å². The van der Waals surface area contributed by atoms with Crippen molar-refractivity contribution in [1.29, 1.82) is 0 Å². The lowest BCUT2D eigenvalue weighted by atomic mass is 9.88. The summed E-state index contributed by atoms with van der Waals surface area (Å²) in [6, 6.07) is 6.62. The first-order chi connectivity index (χ1) is 9.66. The van der Waals surface area contributed by atoms with Crippen molar-refractivity contribution in [3.05, 3.63) is 35.4 Å². The zero-order valence-electron chi connectivity index (χ0n) is 10.8. The Bertz CT molecular complexity index is 557. The molecule has 1 unspecified atom stereocenters. The molecular formula is C14H15ClN2O3. The molecule has 0 aliphatic heterocycles. The summed E-state index contributed by atoms with van der Waals surface area (Å²) < 4.78 is 0. The van der Waals surface area contributed by atoms with Crippen molar-refractivity contribution in [1.82, 2.24) is 5.32 Å². The molecule has 20 heavy (non-hydrogen) atoms. The van der Waals surface area contributed by atoms with Crippen LogP contribution in [0.25, 0.3) is 0 Å². The molecule has 1 aromatic carbocycles. The maximum Gasteiger partial charge on any atom is 0.209 e. The van der Waals surface area contributed by atoms with Gasteiger partial charge in [0.2, 0.25) is 5.78 Å². The van der Waals surface area contributed by atoms with Gasteiger partial charge in [0, 0.05) is 24.2 Å². The van der Waals surface area contributed by atoms with Gasteiger partial charge in [-0.1, -0.05) is 24.3 Å². The molecule has 2 rings (SSSR count). The standard InChI is InChI=1S/C14H15ClN2O3/c15-11-12(17-6-5-16-7-8-18)14(20)10-4-2-1-3-9(10)13(11)19/h1-4,11,16,18H,5-8H2. The number of aliphatic hydroxyl groups excluding tert-OH is 1. The van der Waals surface area contributed by atoms with Gasteiger partial charge >= 0.3 is 0 Å². The summed E-state index contributed by atoms with van der Waals surface area (Å²) in [5.41, 5.74) is 0.812. The Morgan fingerprint density at radius 3 is 2.60 bits per heavy atom. The second-order valence-electron chi connectivity index (χ2n) is 4.34. The van der Waals surface area contributed by atoms with Crippen LogP contribution < -0.4 is 5.32 Å². The molecule has 0 saturated heterocycles. The van der Waals surface area contributed by atoms with Gasteiger partial charge in [-0.3, -0.25) is 14.6 Å². The lowest BCUT2D eigenvalue weighted by molar-refractivity contribution is 0.0967. The van der Waals surface area contributed by atoms with Crippen molar-refractivity contribution < 1.29 is 14.7 Å². The zero-order valence-corrected chi connectivity index (χ0v) is 11.6. The molecule has 5 nitrogen and oxygen atoms in total. The van der Waals surface area contributed by atoms with E-state index in [0.717, 1.165) is 0 Å². The summed E-state index contributed by atoms with van der Waals surface area (Å²) in [6.07, 6.45) is 0. The maximum absolute atomic E-state index is 12.3. The molecule has 0 saturated carbocycles. The number of ketones is 2. The fourth-order valence-electron chi connectivity index (χ4n) is 2.02. The Morgan fingerprint density at radius 1 is 1.20 bits per heavy atom. The van der Waals surface area contributed by atoms with E-state index in [1.54, 1.807) is 24.3 Å². The van der Waals surface area contributed by atoms with Gasteiger partial charge in [0.1, 0.15) is 11.1 Å². The van der Waals surface area contributed by atoms with Gasteiger partial charge in [-0.25, -0.2) is 0 Å². The number of aliphatic imine (C=N–C) groups is 1. The Balaban J connectivity index is 2.17. The molecule has 0 radical (unpaired) electrons. The number of hydrogen-bond acceptors (Lipinski definition) is 5. The van der Waals surface area contributed by atoms with E-state index in [4.69, 9.17) is 16.7 Å². The number of aliphatic hydroxyl groups is 1. The number of alkyl halides is 1. The van der Waals surface area contributed by atoms with E-state index in [2.05, 4.69) is 10.3 Å². The predicted octanol–water partition coefficient (Wildman–Crippen LogP) is 0.696. The predicted molar refractivity (Wildman–Crippen MR) is 77.0 cm³/mol. The summed E-state index contributed by atoms with van der Waals surface area (Å²) in [6.45, 7) is 1.35. The molecular weight excluding hydrogens is 280 g/mol. The third-order valence-corrected chi connectivity index (χ3v) is 3.40. The smallest absolute Gasteiger partial charge is 0.209 e. The molecule has 0 heterocycles. The van der Waals surface area contributed by atoms with Crippen LogP contribution in [0.4, 0.5) is 0 Å². The lowest BCUT2D eigenvalue weighted by Crippen LogP contribution is -2.38. The minimum absolute atomic E-state index is 0.0412. The van der Waals surface area contributed by atoms with Crippen LogP contribution >= 0.6 is 11.6 Å². The van der Waals surface area contributed by atoms with Crippen LogP contribution in [-0.4, -0.2) is 54.0 Å². The summed E-state index contributed by atoms with van der Waals surface area (Å²) in [7, 11) is 0. The Morgan fingerprint density at radius 2 is 1.90 bits per heavy atom. The monoisotopic (exact) mass is 294 g/mol. The molecule has 0 amide bonds. The van der Waals surface area contributed by atoms with Crippen LogP contribution in [0.2, 0.25) is 0 Å². The number of halogens is 1. The molecule has 1 aliphatic carbocycles. The third-order valence-electron chi connectivity index (χ3n) is 3.00. The van der Waals surface area contributed by atoms with Gasteiger partial charge in [0.15, 0.2) is 5.78 Å². The van der Waals surface area contributed by atoms with Gasteiger partial charge in [-0.05, 0) is 0 Å². The van der Waals surface area contributed by atoms with Gasteiger partial charge < -0.3 is 10.4 Å². The summed E-state index contributed by atoms with van der Waals surface area (Å²) in [4.78, 5) is 28.5. The average Bonchev–Trinajstić information content (AvgIpc) is 2.48. The second kappa shape index (κ2) is 6.74. The van der Waals surface area contributed by atoms with Crippen LogP contribution in [-0.2, 0) is 0 Å². The average molecular weight is 295 g/mol. The minimum Gasteiger partial charge on any atom is -0.395 e. The summed E-state index contributed by atoms with van der Waals surface area (Å²) >= 11 is 6.03. The van der Waals surface area contributed by atoms with E-state index in [1.165, 1.54) is 0 Å². The van der Waals surface area contributed by atoms with Crippen molar-refractivity contribution in [3.8, 4) is 0 Å². The quantitative estimate of drug-likeness (QED) is 0.619. The van der Waals surface area contributed by atoms with Crippen molar-refractivity contribution in [2.24, 2.45) is 4.99 Å². The highest BCUT2D eigenvalue weighted by molar-refractivity contribution is 6.64. The van der Waals surface area contributed by atoms with Crippen molar-refractivity contribution in [2.75, 3.05) is 26.2 Å². The summed E-state index contributed by atoms with van der Waals surface area (Å²) in [5.74, 6) is -0.578. The number of Topliss-reactive ketones (excluding diaryl/α,β-unsaturated/α-hetero) is 2. The molecule has 1 aliphatic rings. The van der Waals surface area contributed by atoms with E-state index in [0.29, 0.717) is 30.8 Å². The number of nitrogens with one attached hydrogen (secondary N) is 1.